The molecule has 29 heavy (non-hydrogen) atoms. The van der Waals surface area contributed by atoms with E-state index in [4.69, 9.17) is 5.10 Å². The Labute approximate surface area is 170 Å². The maximum Gasteiger partial charge on any atom is 0.269 e. The molecule has 0 saturated heterocycles. The quantitative estimate of drug-likeness (QED) is 0.376. The summed E-state index contributed by atoms with van der Waals surface area (Å²) in [7, 11) is 0. The Bertz CT molecular complexity index is 1260. The summed E-state index contributed by atoms with van der Waals surface area (Å²) in [6, 6.07) is 21.1. The molecule has 4 aromatic rings. The minimum absolute atomic E-state index is 0.0693. The fourth-order valence-corrected chi connectivity index (χ4v) is 4.18. The lowest BCUT2D eigenvalue weighted by atomic mass is 10.1. The van der Waals surface area contributed by atoms with Gasteiger partial charge in [-0.05, 0) is 34.0 Å². The fraction of sp³-hybridized carbons (Fsp3) is 0.0952. The maximum atomic E-state index is 10.9. The van der Waals surface area contributed by atoms with Gasteiger partial charge in [-0.2, -0.15) is 9.78 Å². The van der Waals surface area contributed by atoms with Crippen molar-refractivity contribution in [1.82, 2.24) is 14.9 Å². The second-order valence-electron chi connectivity index (χ2n) is 6.71. The van der Waals surface area contributed by atoms with Crippen molar-refractivity contribution in [2.24, 2.45) is 5.10 Å². The lowest BCUT2D eigenvalue weighted by Gasteiger charge is -2.14. The van der Waals surface area contributed by atoms with Gasteiger partial charge in [-0.1, -0.05) is 54.2 Å². The van der Waals surface area contributed by atoms with Gasteiger partial charge in [0.05, 0.1) is 10.6 Å². The van der Waals surface area contributed by atoms with Crippen molar-refractivity contribution in [2.75, 3.05) is 5.75 Å². The van der Waals surface area contributed by atoms with Crippen LogP contribution in [0.1, 0.15) is 17.0 Å². The van der Waals surface area contributed by atoms with E-state index in [1.165, 1.54) is 22.9 Å². The smallest absolute Gasteiger partial charge is 0.258 e. The molecule has 1 aliphatic heterocycles. The number of non-ortho nitro benzene ring substituents is 1. The molecule has 142 valence electrons. The summed E-state index contributed by atoms with van der Waals surface area (Å²) in [5.74, 6) is 1.41. The number of nitro benzene ring substituents is 1. The standard InChI is InChI=1S/C21H15N5O2S/c27-26(28)18-9-7-16(8-10-18)19-13-29-21-23-22-20(25(21)24-19)12-14-5-6-15-3-1-2-4-17(15)11-14/h1-11H,12-13H2. The van der Waals surface area contributed by atoms with E-state index in [0.717, 1.165) is 27.8 Å². The SMILES string of the molecule is O=[N+]([O-])c1ccc(C2=Nn3c(Cc4ccc5ccccc5c4)nnc3SC2)cc1. The van der Waals surface area contributed by atoms with Gasteiger partial charge in [0.15, 0.2) is 5.82 Å². The Kier molecular flexibility index (Phi) is 4.33. The second kappa shape index (κ2) is 7.14. The molecule has 1 aliphatic rings. The summed E-state index contributed by atoms with van der Waals surface area (Å²) < 4.78 is 1.78. The summed E-state index contributed by atoms with van der Waals surface area (Å²) in [4.78, 5) is 10.5. The van der Waals surface area contributed by atoms with Crippen LogP contribution < -0.4 is 0 Å². The molecule has 0 spiro atoms. The Hall–Kier alpha value is -3.52. The van der Waals surface area contributed by atoms with Crippen LogP contribution in [0.25, 0.3) is 10.8 Å². The van der Waals surface area contributed by atoms with E-state index in [1.807, 2.05) is 12.1 Å². The van der Waals surface area contributed by atoms with E-state index in [9.17, 15) is 10.1 Å². The van der Waals surface area contributed by atoms with Gasteiger partial charge in [0.1, 0.15) is 0 Å². The van der Waals surface area contributed by atoms with Crippen molar-refractivity contribution in [3.05, 3.63) is 93.8 Å². The van der Waals surface area contributed by atoms with Crippen LogP contribution in [0.5, 0.6) is 0 Å². The van der Waals surface area contributed by atoms with E-state index in [-0.39, 0.29) is 5.69 Å². The predicted molar refractivity (Wildman–Crippen MR) is 113 cm³/mol. The molecule has 2 heterocycles. The average Bonchev–Trinajstić information content (AvgIpc) is 3.15. The van der Waals surface area contributed by atoms with Gasteiger partial charge in [0.2, 0.25) is 5.16 Å². The molecule has 5 rings (SSSR count). The molecule has 0 N–H and O–H groups in total. The van der Waals surface area contributed by atoms with E-state index in [0.29, 0.717) is 12.2 Å². The van der Waals surface area contributed by atoms with Crippen LogP contribution in [-0.4, -0.2) is 31.3 Å². The normalized spacial score (nSPS) is 13.2. The molecule has 0 bridgehead atoms. The average molecular weight is 401 g/mol. The van der Waals surface area contributed by atoms with Gasteiger partial charge in [-0.3, -0.25) is 10.1 Å². The predicted octanol–water partition coefficient (Wildman–Crippen LogP) is 4.29. The molecule has 0 amide bonds. The zero-order valence-electron chi connectivity index (χ0n) is 15.2. The van der Waals surface area contributed by atoms with Crippen molar-refractivity contribution in [3.63, 3.8) is 0 Å². The van der Waals surface area contributed by atoms with Gasteiger partial charge < -0.3 is 0 Å². The molecule has 7 nitrogen and oxygen atoms in total. The fourth-order valence-electron chi connectivity index (χ4n) is 3.33. The van der Waals surface area contributed by atoms with Crippen LogP contribution in [0.15, 0.2) is 77.0 Å². The molecule has 0 aliphatic carbocycles. The zero-order valence-corrected chi connectivity index (χ0v) is 16.0. The van der Waals surface area contributed by atoms with E-state index < -0.39 is 4.92 Å². The Morgan fingerprint density at radius 2 is 1.79 bits per heavy atom. The number of hydrogen-bond donors (Lipinski definition) is 0. The molecular formula is C21H15N5O2S. The number of nitrogens with zero attached hydrogens (tertiary/aromatic N) is 5. The number of fused-ring (bicyclic) bond motifs is 2. The summed E-state index contributed by atoms with van der Waals surface area (Å²) in [6.07, 6.45) is 0.620. The van der Waals surface area contributed by atoms with Crippen LogP contribution in [0, 0.1) is 10.1 Å². The maximum absolute atomic E-state index is 10.9. The molecule has 1 aromatic heterocycles. The molecule has 0 atom stereocenters. The summed E-state index contributed by atoms with van der Waals surface area (Å²) in [5.41, 5.74) is 2.91. The lowest BCUT2D eigenvalue weighted by molar-refractivity contribution is -0.384. The molecule has 3 aromatic carbocycles. The van der Waals surface area contributed by atoms with Gasteiger partial charge in [-0.15, -0.1) is 10.2 Å². The lowest BCUT2D eigenvalue weighted by Crippen LogP contribution is -2.14. The monoisotopic (exact) mass is 401 g/mol. The first-order valence-electron chi connectivity index (χ1n) is 9.05. The summed E-state index contributed by atoms with van der Waals surface area (Å²) >= 11 is 1.56. The molecule has 0 radical (unpaired) electrons. The Morgan fingerprint density at radius 3 is 2.59 bits per heavy atom. The molecular weight excluding hydrogens is 386 g/mol. The number of aromatic nitrogens is 3. The summed E-state index contributed by atoms with van der Waals surface area (Å²) in [5, 5.41) is 27.3. The van der Waals surface area contributed by atoms with Crippen molar-refractivity contribution >= 4 is 33.9 Å². The second-order valence-corrected chi connectivity index (χ2v) is 7.65. The minimum Gasteiger partial charge on any atom is -0.258 e. The van der Waals surface area contributed by atoms with E-state index in [2.05, 4.69) is 40.5 Å². The Balaban J connectivity index is 1.46. The zero-order chi connectivity index (χ0) is 19.8. The van der Waals surface area contributed by atoms with Crippen molar-refractivity contribution in [1.29, 1.82) is 0 Å². The third-order valence-corrected chi connectivity index (χ3v) is 5.75. The molecule has 8 heteroatoms. The Morgan fingerprint density at radius 1 is 1.00 bits per heavy atom. The number of hydrogen-bond acceptors (Lipinski definition) is 6. The highest BCUT2D eigenvalue weighted by Gasteiger charge is 2.20. The molecule has 0 unspecified atom stereocenters. The van der Waals surface area contributed by atoms with Crippen molar-refractivity contribution in [2.45, 2.75) is 11.6 Å². The minimum atomic E-state index is -0.402. The van der Waals surface area contributed by atoms with Crippen LogP contribution in [0.3, 0.4) is 0 Å². The van der Waals surface area contributed by atoms with Gasteiger partial charge in [0.25, 0.3) is 5.69 Å². The first kappa shape index (κ1) is 17.6. The van der Waals surface area contributed by atoms with Gasteiger partial charge in [0, 0.05) is 24.3 Å². The number of thioether (sulfide) groups is 1. The summed E-state index contributed by atoms with van der Waals surface area (Å²) in [6.45, 7) is 0. The molecule has 0 fully saturated rings. The number of benzene rings is 3. The molecule has 0 saturated carbocycles. The topological polar surface area (TPSA) is 86.2 Å². The van der Waals surface area contributed by atoms with E-state index in [1.54, 1.807) is 28.6 Å². The van der Waals surface area contributed by atoms with Crippen LogP contribution in [-0.2, 0) is 6.42 Å². The first-order valence-corrected chi connectivity index (χ1v) is 10.0. The largest absolute Gasteiger partial charge is 0.269 e. The third-order valence-electron chi connectivity index (χ3n) is 4.82. The van der Waals surface area contributed by atoms with E-state index >= 15 is 0 Å². The number of rotatable bonds is 4. The highest BCUT2D eigenvalue weighted by Crippen LogP contribution is 2.26. The van der Waals surface area contributed by atoms with Crippen molar-refractivity contribution < 1.29 is 4.92 Å². The van der Waals surface area contributed by atoms with Crippen LogP contribution in [0.2, 0.25) is 0 Å². The number of nitro groups is 1. The van der Waals surface area contributed by atoms with Gasteiger partial charge in [-0.25, -0.2) is 0 Å². The van der Waals surface area contributed by atoms with Crippen LogP contribution >= 0.6 is 11.8 Å². The van der Waals surface area contributed by atoms with Crippen LogP contribution in [0.4, 0.5) is 5.69 Å². The van der Waals surface area contributed by atoms with Crippen molar-refractivity contribution in [3.8, 4) is 0 Å². The third kappa shape index (κ3) is 3.38. The highest BCUT2D eigenvalue weighted by atomic mass is 32.2. The van der Waals surface area contributed by atoms with Gasteiger partial charge >= 0.3 is 0 Å². The first-order chi connectivity index (χ1) is 14.2. The highest BCUT2D eigenvalue weighted by molar-refractivity contribution is 7.99.